The molecule has 0 bridgehead atoms. The van der Waals surface area contributed by atoms with Crippen molar-refractivity contribution >= 4 is 27.7 Å². The van der Waals surface area contributed by atoms with Gasteiger partial charge in [0.2, 0.25) is 0 Å². The van der Waals surface area contributed by atoms with Crippen molar-refractivity contribution in [2.24, 2.45) is 0 Å². The van der Waals surface area contributed by atoms with E-state index >= 15 is 0 Å². The Bertz CT molecular complexity index is 472. The number of carbonyl (C=O) groups excluding carboxylic acids is 1. The summed E-state index contributed by atoms with van der Waals surface area (Å²) in [6, 6.07) is 1.37. The second-order valence-corrected chi connectivity index (χ2v) is 5.09. The molecule has 0 amide bonds. The summed E-state index contributed by atoms with van der Waals surface area (Å²) in [7, 11) is 1.33. The smallest absolute Gasteiger partial charge is 0.308 e. The molecule has 1 fully saturated rings. The van der Waals surface area contributed by atoms with Gasteiger partial charge in [-0.25, -0.2) is 9.37 Å². The van der Waals surface area contributed by atoms with Gasteiger partial charge in [-0.05, 0) is 22.0 Å². The Morgan fingerprint density at radius 1 is 1.74 bits per heavy atom. The largest absolute Gasteiger partial charge is 0.469 e. The van der Waals surface area contributed by atoms with Crippen LogP contribution in [0.4, 0.5) is 10.2 Å². The Morgan fingerprint density at radius 2 is 2.53 bits per heavy atom. The van der Waals surface area contributed by atoms with Gasteiger partial charge in [0.15, 0.2) is 11.6 Å². The topological polar surface area (TPSA) is 51.7 Å². The Balaban J connectivity index is 2.06. The number of morpholine rings is 1. The molecule has 7 heteroatoms. The van der Waals surface area contributed by atoms with Crippen LogP contribution in [0.25, 0.3) is 0 Å². The Morgan fingerprint density at radius 3 is 3.21 bits per heavy atom. The lowest BCUT2D eigenvalue weighted by atomic mass is 10.2. The number of aromatic nitrogens is 1. The first kappa shape index (κ1) is 14.2. The van der Waals surface area contributed by atoms with Crippen molar-refractivity contribution in [3.63, 3.8) is 0 Å². The SMILES string of the molecule is COC(=O)CC1CN(c2ncc(Br)cc2F)CCO1. The summed E-state index contributed by atoms with van der Waals surface area (Å²) in [6.45, 7) is 1.39. The van der Waals surface area contributed by atoms with E-state index in [0.717, 1.165) is 0 Å². The molecule has 0 radical (unpaired) electrons. The summed E-state index contributed by atoms with van der Waals surface area (Å²) in [5.41, 5.74) is 0. The molecule has 1 aromatic rings. The van der Waals surface area contributed by atoms with Crippen LogP contribution in [0, 0.1) is 5.82 Å². The molecule has 0 aromatic carbocycles. The van der Waals surface area contributed by atoms with E-state index in [9.17, 15) is 9.18 Å². The minimum atomic E-state index is -0.395. The maximum Gasteiger partial charge on any atom is 0.308 e. The van der Waals surface area contributed by atoms with Gasteiger partial charge in [0.25, 0.3) is 0 Å². The van der Waals surface area contributed by atoms with Gasteiger partial charge in [-0.3, -0.25) is 4.79 Å². The highest BCUT2D eigenvalue weighted by atomic mass is 79.9. The lowest BCUT2D eigenvalue weighted by Crippen LogP contribution is -2.44. The average Bonchev–Trinajstić information content (AvgIpc) is 2.39. The maximum absolute atomic E-state index is 13.8. The molecular formula is C12H14BrFN2O3. The highest BCUT2D eigenvalue weighted by molar-refractivity contribution is 9.10. The predicted octanol–water partition coefficient (Wildman–Crippen LogP) is 1.75. The number of ether oxygens (including phenoxy) is 2. The fourth-order valence-corrected chi connectivity index (χ4v) is 2.25. The van der Waals surface area contributed by atoms with Crippen molar-refractivity contribution in [2.45, 2.75) is 12.5 Å². The number of hydrogen-bond donors (Lipinski definition) is 0. The summed E-state index contributed by atoms with van der Waals surface area (Å²) >= 11 is 3.17. The second kappa shape index (κ2) is 6.29. The molecule has 5 nitrogen and oxygen atoms in total. The number of carbonyl (C=O) groups is 1. The van der Waals surface area contributed by atoms with E-state index in [2.05, 4.69) is 25.7 Å². The molecule has 1 unspecified atom stereocenters. The van der Waals surface area contributed by atoms with Crippen LogP contribution in [0.1, 0.15) is 6.42 Å². The van der Waals surface area contributed by atoms with Crippen LogP contribution in [0.15, 0.2) is 16.7 Å². The van der Waals surface area contributed by atoms with Crippen LogP contribution in [0.2, 0.25) is 0 Å². The van der Waals surface area contributed by atoms with Crippen LogP contribution in [0.3, 0.4) is 0 Å². The average molecular weight is 333 g/mol. The van der Waals surface area contributed by atoms with Crippen molar-refractivity contribution in [3.05, 3.63) is 22.6 Å². The Kier molecular flexibility index (Phi) is 4.71. The number of anilines is 1. The number of halogens is 2. The fraction of sp³-hybridized carbons (Fsp3) is 0.500. The fourth-order valence-electron chi connectivity index (χ4n) is 1.94. The molecule has 2 heterocycles. The van der Waals surface area contributed by atoms with E-state index in [4.69, 9.17) is 4.74 Å². The van der Waals surface area contributed by atoms with Crippen molar-refractivity contribution < 1.29 is 18.7 Å². The Labute approximate surface area is 118 Å². The molecule has 0 aliphatic carbocycles. The summed E-state index contributed by atoms with van der Waals surface area (Å²) in [4.78, 5) is 17.1. The number of pyridine rings is 1. The minimum absolute atomic E-state index is 0.158. The van der Waals surface area contributed by atoms with Gasteiger partial charge >= 0.3 is 5.97 Å². The van der Waals surface area contributed by atoms with Crippen LogP contribution < -0.4 is 4.90 Å². The van der Waals surface area contributed by atoms with Gasteiger partial charge in [-0.15, -0.1) is 0 Å². The highest BCUT2D eigenvalue weighted by Gasteiger charge is 2.25. The third-order valence-corrected chi connectivity index (χ3v) is 3.28. The third kappa shape index (κ3) is 3.63. The van der Waals surface area contributed by atoms with Crippen molar-refractivity contribution in [1.82, 2.24) is 4.98 Å². The molecule has 0 spiro atoms. The quantitative estimate of drug-likeness (QED) is 0.789. The van der Waals surface area contributed by atoms with Gasteiger partial charge in [0.05, 0.1) is 26.2 Å². The van der Waals surface area contributed by atoms with Crippen molar-refractivity contribution in [2.75, 3.05) is 31.7 Å². The van der Waals surface area contributed by atoms with Crippen molar-refractivity contribution in [1.29, 1.82) is 0 Å². The molecule has 0 saturated carbocycles. The van der Waals surface area contributed by atoms with Crippen LogP contribution in [-0.2, 0) is 14.3 Å². The second-order valence-electron chi connectivity index (χ2n) is 4.18. The van der Waals surface area contributed by atoms with E-state index in [0.29, 0.717) is 24.2 Å². The molecule has 1 atom stereocenters. The lowest BCUT2D eigenvalue weighted by molar-refractivity contribution is -0.144. The third-order valence-electron chi connectivity index (χ3n) is 2.85. The number of hydrogen-bond acceptors (Lipinski definition) is 5. The number of methoxy groups -OCH3 is 1. The van der Waals surface area contributed by atoms with Gasteiger partial charge in [-0.2, -0.15) is 0 Å². The summed E-state index contributed by atoms with van der Waals surface area (Å²) in [5.74, 6) is -0.453. The first-order valence-corrected chi connectivity index (χ1v) is 6.64. The minimum Gasteiger partial charge on any atom is -0.469 e. The molecule has 1 aromatic heterocycles. The van der Waals surface area contributed by atoms with E-state index in [1.165, 1.54) is 13.2 Å². The summed E-state index contributed by atoms with van der Waals surface area (Å²) < 4.78 is 24.5. The van der Waals surface area contributed by atoms with E-state index < -0.39 is 5.82 Å². The van der Waals surface area contributed by atoms with Crippen LogP contribution in [0.5, 0.6) is 0 Å². The van der Waals surface area contributed by atoms with E-state index in [1.54, 1.807) is 11.1 Å². The maximum atomic E-state index is 13.8. The lowest BCUT2D eigenvalue weighted by Gasteiger charge is -2.33. The summed E-state index contributed by atoms with van der Waals surface area (Å²) in [6.07, 6.45) is 1.40. The molecule has 1 aliphatic rings. The van der Waals surface area contributed by atoms with Crippen LogP contribution >= 0.6 is 15.9 Å². The first-order valence-electron chi connectivity index (χ1n) is 5.84. The molecular weight excluding hydrogens is 319 g/mol. The van der Waals surface area contributed by atoms with Gasteiger partial charge in [0.1, 0.15) is 0 Å². The molecule has 1 saturated heterocycles. The standard InChI is InChI=1S/C12H14BrFN2O3/c1-18-11(17)5-9-7-16(2-3-19-9)12-10(14)4-8(13)6-15-12/h4,6,9H,2-3,5,7H2,1H3. The van der Waals surface area contributed by atoms with Crippen molar-refractivity contribution in [3.8, 4) is 0 Å². The zero-order chi connectivity index (χ0) is 13.8. The highest BCUT2D eigenvalue weighted by Crippen LogP contribution is 2.22. The molecule has 2 rings (SSSR count). The van der Waals surface area contributed by atoms with E-state index in [-0.39, 0.29) is 24.3 Å². The molecule has 1 aliphatic heterocycles. The van der Waals surface area contributed by atoms with Gasteiger partial charge < -0.3 is 14.4 Å². The molecule has 104 valence electrons. The number of esters is 1. The zero-order valence-electron chi connectivity index (χ0n) is 10.4. The van der Waals surface area contributed by atoms with Crippen LogP contribution in [-0.4, -0.2) is 43.9 Å². The normalized spacial score (nSPS) is 19.3. The van der Waals surface area contributed by atoms with Gasteiger partial charge in [0, 0.05) is 23.8 Å². The zero-order valence-corrected chi connectivity index (χ0v) is 12.0. The molecule has 19 heavy (non-hydrogen) atoms. The van der Waals surface area contributed by atoms with E-state index in [1.807, 2.05) is 0 Å². The predicted molar refractivity (Wildman–Crippen MR) is 70.5 cm³/mol. The number of nitrogens with zero attached hydrogens (tertiary/aromatic N) is 2. The summed E-state index contributed by atoms with van der Waals surface area (Å²) in [5, 5.41) is 0. The molecule has 0 N–H and O–H groups in total. The van der Waals surface area contributed by atoms with Gasteiger partial charge in [-0.1, -0.05) is 0 Å². The number of rotatable bonds is 3. The Hall–Kier alpha value is -1.21. The first-order chi connectivity index (χ1) is 9.10. The monoisotopic (exact) mass is 332 g/mol.